The van der Waals surface area contributed by atoms with Gasteiger partial charge in [0.2, 0.25) is 6.29 Å². The number of hydrogen-bond acceptors (Lipinski definition) is 7. The van der Waals surface area contributed by atoms with E-state index in [1.807, 2.05) is 0 Å². The average molecular weight is 274 g/mol. The van der Waals surface area contributed by atoms with Crippen molar-refractivity contribution < 1.29 is 32.8 Å². The fourth-order valence-electron chi connectivity index (χ4n) is 1.30. The van der Waals surface area contributed by atoms with Gasteiger partial charge in [0.05, 0.1) is 31.0 Å². The summed E-state index contributed by atoms with van der Waals surface area (Å²) in [4.78, 5) is 20.8. The molecule has 98 valence electrons. The van der Waals surface area contributed by atoms with Gasteiger partial charge in [-0.3, -0.25) is 0 Å². The Balaban J connectivity index is 1.80. The van der Waals surface area contributed by atoms with Crippen LogP contribution in [0, 0.1) is 0 Å². The molecule has 2 heterocycles. The topological polar surface area (TPSA) is 95.2 Å². The van der Waals surface area contributed by atoms with Crippen LogP contribution in [0.3, 0.4) is 0 Å². The number of ether oxygens (including phenoxy) is 2. The van der Waals surface area contributed by atoms with Crippen LogP contribution in [-0.4, -0.2) is 30.3 Å². The zero-order valence-electron chi connectivity index (χ0n) is 9.16. The van der Waals surface area contributed by atoms with Gasteiger partial charge in [0.1, 0.15) is 5.76 Å². The molecule has 0 unspecified atom stereocenters. The van der Waals surface area contributed by atoms with Gasteiger partial charge in [-0.1, -0.05) is 0 Å². The smallest absolute Gasteiger partial charge is 0.429 e. The van der Waals surface area contributed by atoms with E-state index in [2.05, 4.69) is 4.18 Å². The molecule has 0 radical (unpaired) electrons. The first kappa shape index (κ1) is 12.9. The van der Waals surface area contributed by atoms with Crippen LogP contribution in [0.1, 0.15) is 17.8 Å². The van der Waals surface area contributed by atoms with Crippen molar-refractivity contribution in [1.82, 2.24) is 0 Å². The number of furan rings is 1. The van der Waals surface area contributed by atoms with Crippen LogP contribution in [-0.2, 0) is 29.0 Å². The average Bonchev–Trinajstić information content (AvgIpc) is 2.98. The summed E-state index contributed by atoms with van der Waals surface area (Å²) < 4.78 is 20.3. The first-order valence-electron chi connectivity index (χ1n) is 5.05. The molecule has 1 aromatic heterocycles. The number of carbonyl (C=O) groups is 2. The minimum absolute atomic E-state index is 0.214. The van der Waals surface area contributed by atoms with Crippen molar-refractivity contribution in [3.8, 4) is 0 Å². The van der Waals surface area contributed by atoms with Crippen LogP contribution >= 0.6 is 12.0 Å². The van der Waals surface area contributed by atoms with Crippen LogP contribution in [0.2, 0.25) is 0 Å². The van der Waals surface area contributed by atoms with Gasteiger partial charge >= 0.3 is 11.9 Å². The van der Waals surface area contributed by atoms with Crippen LogP contribution < -0.4 is 0 Å². The maximum atomic E-state index is 10.6. The molecule has 1 saturated heterocycles. The summed E-state index contributed by atoms with van der Waals surface area (Å²) in [6.07, 6.45) is -0.495. The van der Waals surface area contributed by atoms with E-state index in [1.165, 1.54) is 0 Å². The van der Waals surface area contributed by atoms with Crippen LogP contribution in [0.5, 0.6) is 0 Å². The molecule has 7 nitrogen and oxygen atoms in total. The van der Waals surface area contributed by atoms with Crippen molar-refractivity contribution in [3.63, 3.8) is 0 Å². The summed E-state index contributed by atoms with van der Waals surface area (Å²) in [6.45, 7) is 1.04. The minimum atomic E-state index is -1.63. The zero-order chi connectivity index (χ0) is 13.0. The summed E-state index contributed by atoms with van der Waals surface area (Å²) in [5, 5.41) is 8.28. The van der Waals surface area contributed by atoms with E-state index in [4.69, 9.17) is 19.0 Å². The fraction of sp³-hybridized carbons (Fsp3) is 0.400. The molecule has 0 bridgehead atoms. The molecule has 1 fully saturated rings. The summed E-state index contributed by atoms with van der Waals surface area (Å²) in [5.41, 5.74) is 0. The quantitative estimate of drug-likeness (QED) is 0.644. The molecule has 1 aliphatic rings. The maximum Gasteiger partial charge on any atom is 0.429 e. The Morgan fingerprint density at radius 1 is 1.39 bits per heavy atom. The molecular formula is C10H10O7S. The monoisotopic (exact) mass is 274 g/mol. The molecule has 0 spiro atoms. The number of rotatable bonds is 4. The SMILES string of the molecule is O=C(O)C(=O)OSCc1ccc(C2OCCO2)o1. The third-order valence-corrected chi connectivity index (χ3v) is 2.72. The third-order valence-electron chi connectivity index (χ3n) is 2.05. The molecule has 18 heavy (non-hydrogen) atoms. The minimum Gasteiger partial charge on any atom is -0.473 e. The van der Waals surface area contributed by atoms with E-state index in [1.54, 1.807) is 12.1 Å². The van der Waals surface area contributed by atoms with E-state index in [9.17, 15) is 9.59 Å². The Morgan fingerprint density at radius 3 is 2.78 bits per heavy atom. The van der Waals surface area contributed by atoms with Gasteiger partial charge in [0.25, 0.3) is 0 Å². The van der Waals surface area contributed by atoms with Gasteiger partial charge in [-0.2, -0.15) is 0 Å². The maximum absolute atomic E-state index is 10.6. The summed E-state index contributed by atoms with van der Waals surface area (Å²) in [6, 6.07) is 3.38. The summed E-state index contributed by atoms with van der Waals surface area (Å²) in [5.74, 6) is -1.66. The van der Waals surface area contributed by atoms with E-state index in [0.717, 1.165) is 0 Å². The van der Waals surface area contributed by atoms with Crippen LogP contribution in [0.25, 0.3) is 0 Å². The molecule has 0 aromatic carbocycles. The second-order valence-corrected chi connectivity index (χ2v) is 4.01. The Morgan fingerprint density at radius 2 is 2.11 bits per heavy atom. The Kier molecular flexibility index (Phi) is 4.24. The lowest BCUT2D eigenvalue weighted by molar-refractivity contribution is -0.157. The highest BCUT2D eigenvalue weighted by atomic mass is 32.2. The van der Waals surface area contributed by atoms with Gasteiger partial charge < -0.3 is 23.2 Å². The lowest BCUT2D eigenvalue weighted by atomic mass is 10.4. The van der Waals surface area contributed by atoms with Crippen molar-refractivity contribution in [1.29, 1.82) is 0 Å². The molecule has 0 atom stereocenters. The Hall–Kier alpha value is -1.51. The van der Waals surface area contributed by atoms with Crippen LogP contribution in [0.4, 0.5) is 0 Å². The highest BCUT2D eigenvalue weighted by Crippen LogP contribution is 2.26. The van der Waals surface area contributed by atoms with Gasteiger partial charge in [0.15, 0.2) is 5.76 Å². The molecule has 1 aromatic rings. The van der Waals surface area contributed by atoms with Crippen molar-refractivity contribution in [3.05, 3.63) is 23.7 Å². The molecule has 1 N–H and O–H groups in total. The van der Waals surface area contributed by atoms with Crippen molar-refractivity contribution in [2.24, 2.45) is 0 Å². The van der Waals surface area contributed by atoms with E-state index >= 15 is 0 Å². The molecule has 1 aliphatic heterocycles. The molecule has 2 rings (SSSR count). The molecular weight excluding hydrogens is 264 g/mol. The number of aliphatic carboxylic acids is 1. The first-order chi connectivity index (χ1) is 8.66. The standard InChI is InChI=1S/C10H10O7S/c11-8(12)9(13)17-18-5-6-1-2-7(16-6)10-14-3-4-15-10/h1-2,10H,3-5H2,(H,11,12). The first-order valence-corrected chi connectivity index (χ1v) is 5.96. The van der Waals surface area contributed by atoms with Gasteiger partial charge in [0, 0.05) is 0 Å². The molecule has 8 heteroatoms. The number of hydrogen-bond donors (Lipinski definition) is 1. The Labute approximate surface area is 106 Å². The number of carboxylic acid groups (broad SMARTS) is 1. The van der Waals surface area contributed by atoms with Gasteiger partial charge in [-0.05, 0) is 12.1 Å². The van der Waals surface area contributed by atoms with Gasteiger partial charge in [-0.15, -0.1) is 0 Å². The fourth-order valence-corrected chi connectivity index (χ4v) is 1.81. The second-order valence-electron chi connectivity index (χ2n) is 3.32. The van der Waals surface area contributed by atoms with E-state index in [0.29, 0.717) is 36.8 Å². The Bertz CT molecular complexity index is 435. The lowest BCUT2D eigenvalue weighted by Crippen LogP contribution is -2.12. The number of carboxylic acids is 1. The summed E-state index contributed by atoms with van der Waals surface area (Å²) in [7, 11) is 0. The summed E-state index contributed by atoms with van der Waals surface area (Å²) >= 11 is 0.693. The highest BCUT2D eigenvalue weighted by molar-refractivity contribution is 7.94. The largest absolute Gasteiger partial charge is 0.473 e. The predicted molar refractivity (Wildman–Crippen MR) is 58.4 cm³/mol. The zero-order valence-corrected chi connectivity index (χ0v) is 9.97. The van der Waals surface area contributed by atoms with Crippen LogP contribution in [0.15, 0.2) is 16.5 Å². The lowest BCUT2D eigenvalue weighted by Gasteiger charge is -2.04. The normalized spacial score (nSPS) is 15.8. The van der Waals surface area contributed by atoms with E-state index < -0.39 is 18.2 Å². The highest BCUT2D eigenvalue weighted by Gasteiger charge is 2.22. The van der Waals surface area contributed by atoms with Crippen molar-refractivity contribution in [2.45, 2.75) is 12.0 Å². The van der Waals surface area contributed by atoms with E-state index in [-0.39, 0.29) is 5.75 Å². The third kappa shape index (κ3) is 3.25. The number of carbonyl (C=O) groups excluding carboxylic acids is 1. The predicted octanol–water partition coefficient (Wildman–Crippen LogP) is 1.10. The molecule has 0 amide bonds. The molecule has 0 aliphatic carbocycles. The van der Waals surface area contributed by atoms with Crippen molar-refractivity contribution in [2.75, 3.05) is 13.2 Å². The molecule has 0 saturated carbocycles. The second kappa shape index (κ2) is 5.89. The van der Waals surface area contributed by atoms with Crippen molar-refractivity contribution >= 4 is 24.0 Å². The van der Waals surface area contributed by atoms with Gasteiger partial charge in [-0.25, -0.2) is 9.59 Å².